The number of anilines is 1. The summed E-state index contributed by atoms with van der Waals surface area (Å²) < 4.78 is 120. The van der Waals surface area contributed by atoms with Crippen molar-refractivity contribution in [2.45, 2.75) is 30.7 Å². The number of piperazine rings is 1. The van der Waals surface area contributed by atoms with Crippen LogP contribution in [0.1, 0.15) is 43.2 Å². The average molecular weight is 579 g/mol. The van der Waals surface area contributed by atoms with Crippen LogP contribution >= 0.6 is 22.9 Å². The second kappa shape index (κ2) is 11.5. The summed E-state index contributed by atoms with van der Waals surface area (Å²) in [5.41, 5.74) is 0.328. The molecule has 0 saturated carbocycles. The lowest BCUT2D eigenvalue weighted by atomic mass is 10.2. The molecule has 200 valence electrons. The number of nitrogens with one attached hydrogen (secondary N) is 2. The maximum atomic E-state index is 14.1. The van der Waals surface area contributed by atoms with E-state index in [4.69, 9.17) is 26.7 Å². The van der Waals surface area contributed by atoms with Gasteiger partial charge in [-0.15, -0.1) is 11.3 Å². The van der Waals surface area contributed by atoms with E-state index >= 15 is 0 Å². The molecule has 0 aliphatic carbocycles. The molecule has 1 aromatic heterocycles. The number of halogens is 1. The Morgan fingerprint density at radius 3 is 2.59 bits per heavy atom. The molecule has 10 nitrogen and oxygen atoms in total. The largest absolute Gasteiger partial charge is 0.349 e. The average Bonchev–Trinajstić information content (AvgIpc) is 3.56. The van der Waals surface area contributed by atoms with Crippen LogP contribution in [0.3, 0.4) is 0 Å². The zero-order chi connectivity index (χ0) is 36.4. The molecule has 0 radical (unpaired) electrons. The van der Waals surface area contributed by atoms with Crippen LogP contribution in [-0.4, -0.2) is 88.0 Å². The molecule has 2 aromatic rings. The first-order valence-electron chi connectivity index (χ1n) is 16.4. The van der Waals surface area contributed by atoms with Gasteiger partial charge < -0.3 is 20.0 Å². The topological polar surface area (TPSA) is 119 Å². The monoisotopic (exact) mass is 578 g/mol. The van der Waals surface area contributed by atoms with Crippen molar-refractivity contribution in [2.75, 3.05) is 51.0 Å². The van der Waals surface area contributed by atoms with Crippen LogP contribution in [0.25, 0.3) is 0 Å². The van der Waals surface area contributed by atoms with Gasteiger partial charge in [0.15, 0.2) is 0 Å². The molecule has 1 atom stereocenters. The second-order valence-corrected chi connectivity index (χ2v) is 11.4. The van der Waals surface area contributed by atoms with Gasteiger partial charge in [-0.2, -0.15) is 4.72 Å². The molecule has 0 unspecified atom stereocenters. The first-order valence-corrected chi connectivity index (χ1v) is 13.6. The number of hydrogen-bond donors (Lipinski definition) is 2. The highest BCUT2D eigenvalue weighted by Crippen LogP contribution is 2.29. The number of likely N-dealkylation sites (N-methyl/N-ethyl adjacent to an activating group) is 1. The van der Waals surface area contributed by atoms with Crippen LogP contribution < -0.4 is 14.9 Å². The molecule has 37 heavy (non-hydrogen) atoms. The smallest absolute Gasteiger partial charge is 0.261 e. The van der Waals surface area contributed by atoms with Crippen LogP contribution in [0.5, 0.6) is 0 Å². The Hall–Kier alpha value is -2.51. The van der Waals surface area contributed by atoms with Crippen molar-refractivity contribution in [1.29, 1.82) is 0 Å². The van der Waals surface area contributed by atoms with Crippen LogP contribution in [0.2, 0.25) is 4.34 Å². The molecule has 2 fully saturated rings. The normalized spacial score (nSPS) is 27.9. The van der Waals surface area contributed by atoms with E-state index in [1.54, 1.807) is 0 Å². The molecule has 2 aliphatic rings. The molecule has 0 bridgehead atoms. The van der Waals surface area contributed by atoms with E-state index in [0.717, 1.165) is 17.4 Å². The van der Waals surface area contributed by atoms with Crippen molar-refractivity contribution in [3.8, 4) is 0 Å². The fraction of sp³-hybridized carbons (Fsp3) is 0.458. The quantitative estimate of drug-likeness (QED) is 0.492. The van der Waals surface area contributed by atoms with Gasteiger partial charge in [0.25, 0.3) is 5.91 Å². The van der Waals surface area contributed by atoms with E-state index in [2.05, 4.69) is 5.32 Å². The molecule has 3 amide bonds. The summed E-state index contributed by atoms with van der Waals surface area (Å²) in [6, 6.07) is 4.35. The summed E-state index contributed by atoms with van der Waals surface area (Å²) in [7, 11) is -4.86. The fourth-order valence-corrected chi connectivity index (χ4v) is 6.17. The Balaban J connectivity index is 1.80. The van der Waals surface area contributed by atoms with Crippen molar-refractivity contribution in [2.24, 2.45) is 0 Å². The Morgan fingerprint density at radius 1 is 1.22 bits per heavy atom. The van der Waals surface area contributed by atoms with Crippen LogP contribution in [0.15, 0.2) is 35.2 Å². The third-order valence-electron chi connectivity index (χ3n) is 5.54. The predicted octanol–water partition coefficient (Wildman–Crippen LogP) is 1.69. The fourth-order valence-electron chi connectivity index (χ4n) is 3.76. The third-order valence-corrected chi connectivity index (χ3v) is 8.38. The highest BCUT2D eigenvalue weighted by molar-refractivity contribution is 7.89. The van der Waals surface area contributed by atoms with Crippen LogP contribution in [0, 0.1) is 6.92 Å². The molecule has 13 heteroatoms. The van der Waals surface area contributed by atoms with Crippen molar-refractivity contribution in [1.82, 2.24) is 19.8 Å². The van der Waals surface area contributed by atoms with E-state index < -0.39 is 82.1 Å². The number of rotatable bonds is 8. The first-order chi connectivity index (χ1) is 21.8. The Labute approximate surface area is 241 Å². The second-order valence-electron chi connectivity index (χ2n) is 7.99. The number of thiophene rings is 1. The molecule has 0 spiro atoms. The maximum absolute atomic E-state index is 14.1. The lowest BCUT2D eigenvalue weighted by molar-refractivity contribution is -0.134. The Kier molecular flexibility index (Phi) is 5.11. The summed E-state index contributed by atoms with van der Waals surface area (Å²) in [5.74, 6) is -3.01. The summed E-state index contributed by atoms with van der Waals surface area (Å²) in [5, 5.41) is 2.26. The number of carbonyl (C=O) groups excluding carboxylic acids is 3. The van der Waals surface area contributed by atoms with Crippen molar-refractivity contribution in [3.63, 3.8) is 0 Å². The number of sulfonamides is 1. The third kappa shape index (κ3) is 6.32. The van der Waals surface area contributed by atoms with Gasteiger partial charge in [-0.1, -0.05) is 17.7 Å². The molecule has 3 heterocycles. The number of hydrogen-bond acceptors (Lipinski definition) is 7. The molecule has 1 aromatic carbocycles. The van der Waals surface area contributed by atoms with Gasteiger partial charge in [0.2, 0.25) is 21.8 Å². The molecule has 2 N–H and O–H groups in total. The summed E-state index contributed by atoms with van der Waals surface area (Å²) in [4.78, 5) is 39.2. The van der Waals surface area contributed by atoms with Gasteiger partial charge in [0.05, 0.1) is 19.6 Å². The van der Waals surface area contributed by atoms with Gasteiger partial charge in [-0.05, 0) is 50.1 Å². The van der Waals surface area contributed by atoms with Crippen LogP contribution in [0.4, 0.5) is 5.69 Å². The number of carbonyl (C=O) groups is 3. The molecule has 2 saturated heterocycles. The van der Waals surface area contributed by atoms with E-state index in [1.165, 1.54) is 36.1 Å². The number of nitrogens with zero attached hydrogens (tertiary/aromatic N) is 3. The van der Waals surface area contributed by atoms with Crippen molar-refractivity contribution >= 4 is 56.4 Å². The molecular formula is C24H30ClN5O5S2. The minimum absolute atomic E-state index is 0.0116. The highest BCUT2D eigenvalue weighted by atomic mass is 35.5. The highest BCUT2D eigenvalue weighted by Gasteiger charge is 2.33. The molecular weight excluding hydrogens is 538 g/mol. The minimum atomic E-state index is -4.86. The SMILES string of the molecule is [2H]C([2H])([2H])N1C([2H])([2H])C([2H])([2H])N(C(=O)[C@H](CNC(=O)c2ccc(Cl)s2)NS(=O)(=O)c2cccc(N3CCCC3=O)c2C)C([2H])([2H])C1([2H])[2H]. The zero-order valence-electron chi connectivity index (χ0n) is 30.4. The van der Waals surface area contributed by atoms with Gasteiger partial charge >= 0.3 is 0 Å². The zero-order valence-corrected chi connectivity index (χ0v) is 21.8. The summed E-state index contributed by atoms with van der Waals surface area (Å²) >= 11 is 6.70. The van der Waals surface area contributed by atoms with Gasteiger partial charge in [0.1, 0.15) is 6.04 Å². The lowest BCUT2D eigenvalue weighted by Crippen LogP contribution is -2.57. The first kappa shape index (κ1) is 16.5. The van der Waals surface area contributed by atoms with Crippen LogP contribution in [-0.2, 0) is 19.6 Å². The minimum Gasteiger partial charge on any atom is -0.349 e. The number of amides is 3. The van der Waals surface area contributed by atoms with Gasteiger partial charge in [0, 0.05) is 60.8 Å². The Bertz CT molecular complexity index is 1710. The van der Waals surface area contributed by atoms with E-state index in [0.29, 0.717) is 13.0 Å². The van der Waals surface area contributed by atoms with E-state index in [9.17, 15) is 22.8 Å². The standard InChI is InChI=1S/C24H30ClN5O5S2/c1-16-18(30-10-4-7-22(30)31)5-3-6-20(16)37(34,35)27-17(24(33)29-13-11-28(2)12-14-29)15-26-23(32)19-8-9-21(25)36-19/h3,5-6,8-9,17,27H,4,7,10-15H2,1-2H3,(H,26,32)/t17-/m0/s1/i2D3,11D2,12D2,13D2,14D2. The van der Waals surface area contributed by atoms with Crippen molar-refractivity contribution in [3.05, 3.63) is 45.1 Å². The van der Waals surface area contributed by atoms with Gasteiger partial charge in [-0.25, -0.2) is 8.42 Å². The Morgan fingerprint density at radius 2 is 1.97 bits per heavy atom. The van der Waals surface area contributed by atoms with Crippen molar-refractivity contribution < 1.29 is 37.9 Å². The summed E-state index contributed by atoms with van der Waals surface area (Å²) in [6.45, 7) is -18.8. The van der Waals surface area contributed by atoms with E-state index in [-0.39, 0.29) is 32.8 Å². The van der Waals surface area contributed by atoms with E-state index in [1.807, 2.05) is 4.72 Å². The molecule has 4 rings (SSSR count). The summed E-state index contributed by atoms with van der Waals surface area (Å²) in [6.07, 6.45) is 0.764. The lowest BCUT2D eigenvalue weighted by Gasteiger charge is -2.34. The number of benzene rings is 1. The predicted molar refractivity (Wildman–Crippen MR) is 143 cm³/mol. The molecule has 2 aliphatic heterocycles. The maximum Gasteiger partial charge on any atom is 0.261 e. The van der Waals surface area contributed by atoms with Gasteiger partial charge in [-0.3, -0.25) is 14.4 Å².